The molecule has 0 aromatic rings. The molecule has 0 bridgehead atoms. The summed E-state index contributed by atoms with van der Waals surface area (Å²) in [7, 11) is 0. The molecule has 1 unspecified atom stereocenters. The fourth-order valence-electron chi connectivity index (χ4n) is 4.73. The highest BCUT2D eigenvalue weighted by molar-refractivity contribution is 5.76. The zero-order valence-electron chi connectivity index (χ0n) is 16.5. The fraction of sp³-hybridized carbons (Fsp3) is 0.900. The van der Waals surface area contributed by atoms with Gasteiger partial charge in [-0.3, -0.25) is 9.59 Å². The van der Waals surface area contributed by atoms with Crippen molar-refractivity contribution < 1.29 is 19.8 Å². The molecule has 142 valence electrons. The largest absolute Gasteiger partial charge is 0.481 e. The summed E-state index contributed by atoms with van der Waals surface area (Å²) < 4.78 is 0. The van der Waals surface area contributed by atoms with E-state index in [1.807, 2.05) is 34.6 Å². The van der Waals surface area contributed by atoms with Crippen molar-refractivity contribution in [2.75, 3.05) is 0 Å². The van der Waals surface area contributed by atoms with Gasteiger partial charge in [0.25, 0.3) is 0 Å². The number of carboxylic acid groups (broad SMARTS) is 2. The molecule has 0 heterocycles. The van der Waals surface area contributed by atoms with Gasteiger partial charge in [0.1, 0.15) is 0 Å². The van der Waals surface area contributed by atoms with Gasteiger partial charge in [-0.25, -0.2) is 0 Å². The second kappa shape index (κ2) is 10.0. The molecule has 0 aliphatic rings. The first-order valence-corrected chi connectivity index (χ1v) is 9.51. The maximum atomic E-state index is 12.3. The van der Waals surface area contributed by atoms with Crippen LogP contribution in [0.4, 0.5) is 0 Å². The quantitative estimate of drug-likeness (QED) is 0.427. The van der Waals surface area contributed by atoms with Crippen molar-refractivity contribution in [2.45, 2.75) is 92.9 Å². The molecular weight excluding hydrogens is 304 g/mol. The molecular formula is C20H38O4. The second-order valence-corrected chi connectivity index (χ2v) is 8.04. The summed E-state index contributed by atoms with van der Waals surface area (Å²) in [6.45, 7) is 12.2. The number of carboxylic acids is 2. The van der Waals surface area contributed by atoms with Gasteiger partial charge < -0.3 is 10.2 Å². The Balaban J connectivity index is 5.57. The van der Waals surface area contributed by atoms with E-state index in [4.69, 9.17) is 0 Å². The van der Waals surface area contributed by atoms with Crippen LogP contribution in [0.15, 0.2) is 0 Å². The van der Waals surface area contributed by atoms with Crippen LogP contribution in [-0.2, 0) is 9.59 Å². The molecule has 0 rings (SSSR count). The Hall–Kier alpha value is -1.06. The molecule has 0 aliphatic carbocycles. The molecule has 4 heteroatoms. The third-order valence-corrected chi connectivity index (χ3v) is 6.09. The summed E-state index contributed by atoms with van der Waals surface area (Å²) in [5, 5.41) is 19.3. The average molecular weight is 343 g/mol. The summed E-state index contributed by atoms with van der Waals surface area (Å²) in [4.78, 5) is 23.5. The summed E-state index contributed by atoms with van der Waals surface area (Å²) in [5.41, 5.74) is -1.43. The van der Waals surface area contributed by atoms with Crippen molar-refractivity contribution >= 4 is 11.9 Å². The first-order chi connectivity index (χ1) is 11.1. The van der Waals surface area contributed by atoms with Crippen molar-refractivity contribution in [3.63, 3.8) is 0 Å². The monoisotopic (exact) mass is 342 g/mol. The first kappa shape index (κ1) is 22.9. The van der Waals surface area contributed by atoms with Crippen LogP contribution in [0.3, 0.4) is 0 Å². The van der Waals surface area contributed by atoms with Gasteiger partial charge in [0.05, 0.1) is 5.41 Å². The van der Waals surface area contributed by atoms with Crippen LogP contribution in [0, 0.1) is 22.7 Å². The van der Waals surface area contributed by atoms with Gasteiger partial charge >= 0.3 is 11.9 Å². The fourth-order valence-corrected chi connectivity index (χ4v) is 4.73. The van der Waals surface area contributed by atoms with Crippen molar-refractivity contribution in [1.82, 2.24) is 0 Å². The smallest absolute Gasteiger partial charge is 0.309 e. The van der Waals surface area contributed by atoms with Gasteiger partial charge in [-0.15, -0.1) is 0 Å². The van der Waals surface area contributed by atoms with Crippen LogP contribution in [0.2, 0.25) is 0 Å². The lowest BCUT2D eigenvalue weighted by atomic mass is 9.50. The zero-order chi connectivity index (χ0) is 19.0. The summed E-state index contributed by atoms with van der Waals surface area (Å²) in [6.07, 6.45) is 6.46. The van der Waals surface area contributed by atoms with E-state index < -0.39 is 22.8 Å². The molecule has 0 fully saturated rings. The highest BCUT2D eigenvalue weighted by Crippen LogP contribution is 2.56. The highest BCUT2D eigenvalue weighted by atomic mass is 16.4. The van der Waals surface area contributed by atoms with E-state index >= 15 is 0 Å². The number of aliphatic carboxylic acids is 2. The van der Waals surface area contributed by atoms with E-state index in [0.717, 1.165) is 25.7 Å². The number of carbonyl (C=O) groups is 2. The van der Waals surface area contributed by atoms with Gasteiger partial charge in [0.15, 0.2) is 0 Å². The molecule has 0 aliphatic heterocycles. The first-order valence-electron chi connectivity index (χ1n) is 9.51. The Labute approximate surface area is 148 Å². The Morgan fingerprint density at radius 3 is 1.75 bits per heavy atom. The van der Waals surface area contributed by atoms with E-state index in [1.54, 1.807) is 0 Å². The van der Waals surface area contributed by atoms with E-state index in [9.17, 15) is 19.8 Å². The Morgan fingerprint density at radius 2 is 1.38 bits per heavy atom. The normalized spacial score (nSPS) is 14.8. The van der Waals surface area contributed by atoms with Crippen LogP contribution >= 0.6 is 0 Å². The Morgan fingerprint density at radius 1 is 0.875 bits per heavy atom. The topological polar surface area (TPSA) is 74.6 Å². The molecule has 0 saturated heterocycles. The third kappa shape index (κ3) is 5.22. The lowest BCUT2D eigenvalue weighted by Crippen LogP contribution is -2.52. The van der Waals surface area contributed by atoms with E-state index in [0.29, 0.717) is 12.8 Å². The third-order valence-electron chi connectivity index (χ3n) is 6.09. The SMILES string of the molecule is CCCCCCCC(C)(C(=O)O)C(CCC(=O)O)(C(C)C)C(C)C. The number of rotatable bonds is 13. The van der Waals surface area contributed by atoms with Crippen molar-refractivity contribution in [1.29, 1.82) is 0 Å². The Bertz CT molecular complexity index is 392. The van der Waals surface area contributed by atoms with Crippen LogP contribution in [0.1, 0.15) is 92.9 Å². The maximum absolute atomic E-state index is 12.3. The second-order valence-electron chi connectivity index (χ2n) is 8.04. The predicted octanol–water partition coefficient (Wildman–Crippen LogP) is 5.60. The summed E-state index contributed by atoms with van der Waals surface area (Å²) in [6, 6.07) is 0. The zero-order valence-corrected chi connectivity index (χ0v) is 16.5. The molecule has 0 amide bonds. The van der Waals surface area contributed by atoms with Crippen molar-refractivity contribution in [2.24, 2.45) is 22.7 Å². The van der Waals surface area contributed by atoms with Crippen LogP contribution < -0.4 is 0 Å². The minimum atomic E-state index is -0.906. The molecule has 2 N–H and O–H groups in total. The molecule has 1 atom stereocenters. The van der Waals surface area contributed by atoms with E-state index in [2.05, 4.69) is 6.92 Å². The summed E-state index contributed by atoms with van der Waals surface area (Å²) in [5.74, 6) is -1.43. The Kier molecular flexibility index (Phi) is 9.61. The van der Waals surface area contributed by atoms with Crippen LogP contribution in [-0.4, -0.2) is 22.2 Å². The van der Waals surface area contributed by atoms with Crippen molar-refractivity contribution in [3.8, 4) is 0 Å². The highest BCUT2D eigenvalue weighted by Gasteiger charge is 2.55. The minimum Gasteiger partial charge on any atom is -0.481 e. The number of hydrogen-bond donors (Lipinski definition) is 2. The van der Waals surface area contributed by atoms with Gasteiger partial charge in [-0.1, -0.05) is 66.7 Å². The number of hydrogen-bond acceptors (Lipinski definition) is 2. The minimum absolute atomic E-state index is 0.0229. The van der Waals surface area contributed by atoms with Gasteiger partial charge in [0.2, 0.25) is 0 Å². The lowest BCUT2D eigenvalue weighted by molar-refractivity contribution is -0.169. The number of unbranched alkanes of at least 4 members (excludes halogenated alkanes) is 4. The molecule has 0 spiro atoms. The van der Waals surface area contributed by atoms with Gasteiger partial charge in [-0.05, 0) is 37.0 Å². The predicted molar refractivity (Wildman–Crippen MR) is 98.1 cm³/mol. The molecule has 4 nitrogen and oxygen atoms in total. The molecule has 0 radical (unpaired) electrons. The lowest BCUT2D eigenvalue weighted by Gasteiger charge is -2.52. The van der Waals surface area contributed by atoms with E-state index in [1.165, 1.54) is 6.42 Å². The van der Waals surface area contributed by atoms with E-state index in [-0.39, 0.29) is 18.3 Å². The van der Waals surface area contributed by atoms with Crippen LogP contribution in [0.25, 0.3) is 0 Å². The molecule has 0 aromatic carbocycles. The molecule has 24 heavy (non-hydrogen) atoms. The maximum Gasteiger partial charge on any atom is 0.309 e. The molecule has 0 aromatic heterocycles. The van der Waals surface area contributed by atoms with Gasteiger partial charge in [-0.2, -0.15) is 0 Å². The van der Waals surface area contributed by atoms with Crippen LogP contribution in [0.5, 0.6) is 0 Å². The van der Waals surface area contributed by atoms with Crippen molar-refractivity contribution in [3.05, 3.63) is 0 Å². The summed E-state index contributed by atoms with van der Waals surface area (Å²) >= 11 is 0. The standard InChI is InChI=1S/C20H38O4/c1-7-8-9-10-11-13-19(6,18(23)24)20(15(2)3,16(4)5)14-12-17(21)22/h15-16H,7-14H2,1-6H3,(H,21,22)(H,23,24). The molecule has 0 saturated carbocycles. The van der Waals surface area contributed by atoms with Gasteiger partial charge in [0, 0.05) is 6.42 Å². The average Bonchev–Trinajstić information content (AvgIpc) is 2.46.